The summed E-state index contributed by atoms with van der Waals surface area (Å²) in [7, 11) is 0. The van der Waals surface area contributed by atoms with Crippen LogP contribution in [0.2, 0.25) is 0 Å². The van der Waals surface area contributed by atoms with Gasteiger partial charge in [0.25, 0.3) is 0 Å². The molecule has 22 heavy (non-hydrogen) atoms. The molecule has 1 atom stereocenters. The quantitative estimate of drug-likeness (QED) is 0.946. The predicted molar refractivity (Wildman–Crippen MR) is 83.4 cm³/mol. The molecule has 0 radical (unpaired) electrons. The van der Waals surface area contributed by atoms with Crippen molar-refractivity contribution in [3.63, 3.8) is 0 Å². The first-order valence-corrected chi connectivity index (χ1v) is 8.39. The van der Waals surface area contributed by atoms with Crippen LogP contribution in [-0.4, -0.2) is 29.4 Å². The molecular weight excluding hydrogens is 278 g/mol. The van der Waals surface area contributed by atoms with E-state index in [4.69, 9.17) is 14.5 Å². The summed E-state index contributed by atoms with van der Waals surface area (Å²) in [5, 5.41) is 3.52. The van der Waals surface area contributed by atoms with Crippen LogP contribution in [0.1, 0.15) is 37.4 Å². The molecule has 0 amide bonds. The van der Waals surface area contributed by atoms with Crippen molar-refractivity contribution >= 4 is 11.0 Å². The zero-order valence-electron chi connectivity index (χ0n) is 12.7. The molecule has 116 valence electrons. The van der Waals surface area contributed by atoms with E-state index in [9.17, 15) is 0 Å². The Morgan fingerprint density at radius 3 is 2.82 bits per heavy atom. The standard InChI is InChI=1S/C17H21N3O2/c1-2-11(8-18-5-1)9-20-14-7-16-15(21-10-22-16)6-13(14)19-17(20)12-3-4-12/h6-7,11-12,18H,1-5,8-10H2. The van der Waals surface area contributed by atoms with Crippen LogP contribution in [0, 0.1) is 5.92 Å². The molecule has 5 heteroatoms. The average Bonchev–Trinajstić information content (AvgIpc) is 3.20. The second-order valence-electron chi connectivity index (χ2n) is 6.76. The number of fused-ring (bicyclic) bond motifs is 2. The van der Waals surface area contributed by atoms with Crippen molar-refractivity contribution in [1.82, 2.24) is 14.9 Å². The second kappa shape index (κ2) is 4.88. The number of aromatic nitrogens is 2. The van der Waals surface area contributed by atoms with E-state index in [-0.39, 0.29) is 0 Å². The maximum absolute atomic E-state index is 5.56. The van der Waals surface area contributed by atoms with E-state index < -0.39 is 0 Å². The molecule has 3 heterocycles. The van der Waals surface area contributed by atoms with Crippen LogP contribution in [0.15, 0.2) is 12.1 Å². The molecule has 2 aliphatic heterocycles. The molecule has 0 bridgehead atoms. The highest BCUT2D eigenvalue weighted by Gasteiger charge is 2.31. The molecule has 2 fully saturated rings. The highest BCUT2D eigenvalue weighted by Crippen LogP contribution is 2.43. The van der Waals surface area contributed by atoms with Crippen molar-refractivity contribution in [2.45, 2.75) is 38.1 Å². The molecule has 3 aliphatic rings. The Morgan fingerprint density at radius 2 is 2.05 bits per heavy atom. The van der Waals surface area contributed by atoms with Crippen molar-refractivity contribution in [2.24, 2.45) is 5.92 Å². The Morgan fingerprint density at radius 1 is 1.18 bits per heavy atom. The number of benzene rings is 1. The molecule has 5 nitrogen and oxygen atoms in total. The Hall–Kier alpha value is -1.75. The molecule has 2 aromatic rings. The van der Waals surface area contributed by atoms with E-state index in [0.717, 1.165) is 36.6 Å². The van der Waals surface area contributed by atoms with Gasteiger partial charge >= 0.3 is 0 Å². The lowest BCUT2D eigenvalue weighted by molar-refractivity contribution is 0.174. The van der Waals surface area contributed by atoms with Crippen LogP contribution >= 0.6 is 0 Å². The number of nitrogens with zero attached hydrogens (tertiary/aromatic N) is 2. The molecule has 1 aromatic carbocycles. The summed E-state index contributed by atoms with van der Waals surface area (Å²) < 4.78 is 13.5. The van der Waals surface area contributed by atoms with Crippen LogP contribution in [0.25, 0.3) is 11.0 Å². The maximum Gasteiger partial charge on any atom is 0.231 e. The minimum absolute atomic E-state index is 0.323. The van der Waals surface area contributed by atoms with Gasteiger partial charge < -0.3 is 19.4 Å². The average molecular weight is 299 g/mol. The van der Waals surface area contributed by atoms with Crippen LogP contribution < -0.4 is 14.8 Å². The van der Waals surface area contributed by atoms with Crippen LogP contribution in [-0.2, 0) is 6.54 Å². The van der Waals surface area contributed by atoms with Crippen LogP contribution in [0.4, 0.5) is 0 Å². The van der Waals surface area contributed by atoms with Gasteiger partial charge in [-0.25, -0.2) is 4.98 Å². The summed E-state index contributed by atoms with van der Waals surface area (Å²) >= 11 is 0. The van der Waals surface area contributed by atoms with Gasteiger partial charge in [-0.15, -0.1) is 0 Å². The zero-order chi connectivity index (χ0) is 14.5. The number of hydrogen-bond acceptors (Lipinski definition) is 4. The summed E-state index contributed by atoms with van der Waals surface area (Å²) in [6, 6.07) is 4.16. The van der Waals surface area contributed by atoms with E-state index in [1.54, 1.807) is 0 Å². The number of piperidine rings is 1. The Kier molecular flexibility index (Phi) is 2.83. The van der Waals surface area contributed by atoms with Crippen molar-refractivity contribution in [1.29, 1.82) is 0 Å². The molecule has 1 saturated heterocycles. The highest BCUT2D eigenvalue weighted by atomic mass is 16.7. The van der Waals surface area contributed by atoms with Gasteiger partial charge in [-0.05, 0) is 44.7 Å². The van der Waals surface area contributed by atoms with Crippen molar-refractivity contribution in [2.75, 3.05) is 19.9 Å². The van der Waals surface area contributed by atoms with E-state index >= 15 is 0 Å². The van der Waals surface area contributed by atoms with Crippen molar-refractivity contribution in [3.8, 4) is 11.5 Å². The fourth-order valence-electron chi connectivity index (χ4n) is 3.72. The zero-order valence-corrected chi connectivity index (χ0v) is 12.7. The van der Waals surface area contributed by atoms with E-state index in [0.29, 0.717) is 18.6 Å². The lowest BCUT2D eigenvalue weighted by atomic mass is 9.99. The smallest absolute Gasteiger partial charge is 0.231 e. The van der Waals surface area contributed by atoms with Gasteiger partial charge in [0.1, 0.15) is 5.82 Å². The van der Waals surface area contributed by atoms with E-state index in [1.807, 2.05) is 6.07 Å². The first-order chi connectivity index (χ1) is 10.9. The summed E-state index contributed by atoms with van der Waals surface area (Å²) in [4.78, 5) is 4.92. The third-order valence-electron chi connectivity index (χ3n) is 5.05. The van der Waals surface area contributed by atoms with Gasteiger partial charge in [-0.2, -0.15) is 0 Å². The number of rotatable bonds is 3. The Bertz CT molecular complexity index is 714. The molecule has 1 saturated carbocycles. The van der Waals surface area contributed by atoms with E-state index in [1.165, 1.54) is 37.0 Å². The first kappa shape index (κ1) is 12.8. The highest BCUT2D eigenvalue weighted by molar-refractivity contribution is 5.81. The Labute approximate surface area is 129 Å². The van der Waals surface area contributed by atoms with Crippen LogP contribution in [0.5, 0.6) is 11.5 Å². The third-order valence-corrected chi connectivity index (χ3v) is 5.05. The van der Waals surface area contributed by atoms with Gasteiger partial charge in [-0.1, -0.05) is 0 Å². The fourth-order valence-corrected chi connectivity index (χ4v) is 3.72. The minimum atomic E-state index is 0.323. The summed E-state index contributed by atoms with van der Waals surface area (Å²) in [6.07, 6.45) is 5.14. The summed E-state index contributed by atoms with van der Waals surface area (Å²) in [6.45, 7) is 3.67. The largest absolute Gasteiger partial charge is 0.454 e. The maximum atomic E-state index is 5.56. The van der Waals surface area contributed by atoms with Crippen LogP contribution in [0.3, 0.4) is 0 Å². The summed E-state index contributed by atoms with van der Waals surface area (Å²) in [5.74, 6) is 4.32. The molecular formula is C17H21N3O2. The second-order valence-corrected chi connectivity index (χ2v) is 6.76. The molecule has 1 unspecified atom stereocenters. The lowest BCUT2D eigenvalue weighted by Crippen LogP contribution is -2.32. The molecule has 1 aliphatic carbocycles. The molecule has 0 spiro atoms. The van der Waals surface area contributed by atoms with Crippen molar-refractivity contribution in [3.05, 3.63) is 18.0 Å². The fraction of sp³-hybridized carbons (Fsp3) is 0.588. The number of nitrogens with one attached hydrogen (secondary N) is 1. The van der Waals surface area contributed by atoms with Gasteiger partial charge in [0.05, 0.1) is 11.0 Å². The number of ether oxygens (including phenoxy) is 2. The predicted octanol–water partition coefficient (Wildman–Crippen LogP) is 2.64. The van der Waals surface area contributed by atoms with Gasteiger partial charge in [0.2, 0.25) is 6.79 Å². The molecule has 5 rings (SSSR count). The van der Waals surface area contributed by atoms with Gasteiger partial charge in [0, 0.05) is 24.6 Å². The SMILES string of the molecule is c1c2c(cc3c1nc(C1CC1)n3CC1CCCNC1)OCO2. The minimum Gasteiger partial charge on any atom is -0.454 e. The third kappa shape index (κ3) is 2.07. The van der Waals surface area contributed by atoms with E-state index in [2.05, 4.69) is 16.0 Å². The molecule has 1 aromatic heterocycles. The lowest BCUT2D eigenvalue weighted by Gasteiger charge is -2.24. The number of hydrogen-bond donors (Lipinski definition) is 1. The normalized spacial score (nSPS) is 24.1. The summed E-state index contributed by atoms with van der Waals surface area (Å²) in [5.41, 5.74) is 2.26. The van der Waals surface area contributed by atoms with Gasteiger partial charge in [-0.3, -0.25) is 0 Å². The van der Waals surface area contributed by atoms with Gasteiger partial charge in [0.15, 0.2) is 11.5 Å². The molecule has 1 N–H and O–H groups in total. The monoisotopic (exact) mass is 299 g/mol. The van der Waals surface area contributed by atoms with Crippen molar-refractivity contribution < 1.29 is 9.47 Å². The Balaban J connectivity index is 1.58. The number of imidazole rings is 1. The topological polar surface area (TPSA) is 48.3 Å². The first-order valence-electron chi connectivity index (χ1n) is 8.39.